The summed E-state index contributed by atoms with van der Waals surface area (Å²) in [6.45, 7) is 1.71. The number of ketones is 1. The number of aryl methyl sites for hydroxylation is 1. The number of pyridine rings is 1. The lowest BCUT2D eigenvalue weighted by atomic mass is 10.1. The summed E-state index contributed by atoms with van der Waals surface area (Å²) in [4.78, 5) is 26.2. The Morgan fingerprint density at radius 1 is 1.30 bits per heavy atom. The molecule has 0 aliphatic heterocycles. The van der Waals surface area contributed by atoms with Crippen LogP contribution in [0.2, 0.25) is 0 Å². The Labute approximate surface area is 114 Å². The second kappa shape index (κ2) is 7.02. The van der Waals surface area contributed by atoms with E-state index in [0.717, 1.165) is 6.20 Å². The fourth-order valence-electron chi connectivity index (χ4n) is 1.49. The molecular formula is C13H14F3NO3. The Bertz CT molecular complexity index is 469. The van der Waals surface area contributed by atoms with E-state index in [-0.39, 0.29) is 25.0 Å². The number of aromatic nitrogens is 1. The number of hydrogen-bond donors (Lipinski definition) is 0. The minimum absolute atomic E-state index is 0.0537. The van der Waals surface area contributed by atoms with Crippen molar-refractivity contribution in [3.05, 3.63) is 29.6 Å². The van der Waals surface area contributed by atoms with Crippen molar-refractivity contribution in [2.24, 2.45) is 0 Å². The maximum Gasteiger partial charge on any atom is 0.393 e. The first-order valence-electron chi connectivity index (χ1n) is 6.02. The van der Waals surface area contributed by atoms with Crippen LogP contribution >= 0.6 is 0 Å². The van der Waals surface area contributed by atoms with E-state index in [0.29, 0.717) is 5.69 Å². The van der Waals surface area contributed by atoms with Crippen molar-refractivity contribution in [3.8, 4) is 0 Å². The van der Waals surface area contributed by atoms with E-state index in [2.05, 4.69) is 9.72 Å². The fourth-order valence-corrected chi connectivity index (χ4v) is 1.49. The molecule has 1 aromatic rings. The maximum absolute atomic E-state index is 12.1. The summed E-state index contributed by atoms with van der Waals surface area (Å²) in [5.74, 6) is -1.57. The largest absolute Gasteiger partial charge is 0.460 e. The third-order valence-electron chi connectivity index (χ3n) is 2.40. The van der Waals surface area contributed by atoms with Crippen LogP contribution in [0, 0.1) is 0 Å². The second-order valence-corrected chi connectivity index (χ2v) is 4.09. The Morgan fingerprint density at radius 3 is 2.50 bits per heavy atom. The molecule has 20 heavy (non-hydrogen) atoms. The molecule has 0 saturated carbocycles. The van der Waals surface area contributed by atoms with Crippen LogP contribution in [0.5, 0.6) is 0 Å². The van der Waals surface area contributed by atoms with Gasteiger partial charge < -0.3 is 4.74 Å². The molecule has 1 heterocycles. The van der Waals surface area contributed by atoms with Crippen LogP contribution in [0.15, 0.2) is 18.3 Å². The highest BCUT2D eigenvalue weighted by Crippen LogP contribution is 2.20. The number of carbonyl (C=O) groups is 2. The zero-order valence-corrected chi connectivity index (χ0v) is 10.9. The summed E-state index contributed by atoms with van der Waals surface area (Å²) in [6.07, 6.45) is -4.09. The van der Waals surface area contributed by atoms with Gasteiger partial charge in [-0.2, -0.15) is 13.2 Å². The smallest absolute Gasteiger partial charge is 0.393 e. The van der Waals surface area contributed by atoms with Crippen LogP contribution in [0.4, 0.5) is 13.2 Å². The van der Waals surface area contributed by atoms with Crippen LogP contribution in [-0.4, -0.2) is 29.5 Å². The van der Waals surface area contributed by atoms with Crippen LogP contribution < -0.4 is 0 Å². The van der Waals surface area contributed by atoms with E-state index in [9.17, 15) is 22.8 Å². The van der Waals surface area contributed by atoms with E-state index in [1.54, 1.807) is 6.92 Å². The molecule has 0 unspecified atom stereocenters. The third-order valence-corrected chi connectivity index (χ3v) is 2.40. The number of esters is 1. The van der Waals surface area contributed by atoms with E-state index in [1.165, 1.54) is 12.1 Å². The Balaban J connectivity index is 2.50. The Kier molecular flexibility index (Phi) is 5.66. The molecule has 0 saturated heterocycles. The summed E-state index contributed by atoms with van der Waals surface area (Å²) < 4.78 is 40.9. The molecule has 1 aromatic heterocycles. The van der Waals surface area contributed by atoms with Gasteiger partial charge in [0.2, 0.25) is 5.78 Å². The number of alkyl halides is 3. The highest BCUT2D eigenvalue weighted by molar-refractivity contribution is 6.33. The van der Waals surface area contributed by atoms with Gasteiger partial charge in [-0.3, -0.25) is 9.78 Å². The third kappa shape index (κ3) is 5.81. The molecule has 0 bridgehead atoms. The van der Waals surface area contributed by atoms with E-state index in [1.807, 2.05) is 0 Å². The Morgan fingerprint density at radius 2 is 2.00 bits per heavy atom. The number of rotatable bonds is 6. The van der Waals surface area contributed by atoms with E-state index < -0.39 is 24.3 Å². The van der Waals surface area contributed by atoms with Gasteiger partial charge in [-0.1, -0.05) is 6.07 Å². The number of hydrogen-bond acceptors (Lipinski definition) is 4. The second-order valence-electron chi connectivity index (χ2n) is 4.09. The first-order valence-corrected chi connectivity index (χ1v) is 6.02. The molecule has 0 spiro atoms. The predicted molar refractivity (Wildman–Crippen MR) is 64.0 cm³/mol. The molecule has 110 valence electrons. The zero-order valence-electron chi connectivity index (χ0n) is 10.9. The normalized spacial score (nSPS) is 11.2. The molecule has 0 aliphatic rings. The number of halogens is 3. The van der Waals surface area contributed by atoms with Gasteiger partial charge in [0.05, 0.1) is 13.0 Å². The SMILES string of the molecule is CCOC(=O)C(=O)CCc1ccc(CC(F)(F)F)cn1. The van der Waals surface area contributed by atoms with Gasteiger partial charge in [-0.05, 0) is 25.0 Å². The Hall–Kier alpha value is -1.92. The summed E-state index contributed by atoms with van der Waals surface area (Å²) >= 11 is 0. The van der Waals surface area contributed by atoms with Crippen LogP contribution in [0.1, 0.15) is 24.6 Å². The minimum Gasteiger partial charge on any atom is -0.460 e. The molecule has 7 heteroatoms. The van der Waals surface area contributed by atoms with Crippen molar-refractivity contribution < 1.29 is 27.5 Å². The van der Waals surface area contributed by atoms with Crippen LogP contribution in [-0.2, 0) is 27.2 Å². The molecule has 0 fully saturated rings. The highest BCUT2D eigenvalue weighted by Gasteiger charge is 2.27. The van der Waals surface area contributed by atoms with Gasteiger partial charge in [0.15, 0.2) is 0 Å². The predicted octanol–water partition coefficient (Wildman–Crippen LogP) is 2.25. The van der Waals surface area contributed by atoms with Gasteiger partial charge in [0, 0.05) is 18.3 Å². The minimum atomic E-state index is -4.27. The van der Waals surface area contributed by atoms with Crippen molar-refractivity contribution in [1.82, 2.24) is 4.98 Å². The van der Waals surface area contributed by atoms with Crippen molar-refractivity contribution in [3.63, 3.8) is 0 Å². The summed E-state index contributed by atoms with van der Waals surface area (Å²) in [7, 11) is 0. The quantitative estimate of drug-likeness (QED) is 0.595. The number of ether oxygens (including phenoxy) is 1. The van der Waals surface area contributed by atoms with Gasteiger partial charge in [-0.25, -0.2) is 4.79 Å². The van der Waals surface area contributed by atoms with E-state index in [4.69, 9.17) is 0 Å². The van der Waals surface area contributed by atoms with Crippen molar-refractivity contribution >= 4 is 11.8 Å². The van der Waals surface area contributed by atoms with Crippen molar-refractivity contribution in [2.45, 2.75) is 32.4 Å². The van der Waals surface area contributed by atoms with Gasteiger partial charge in [0.1, 0.15) is 0 Å². The topological polar surface area (TPSA) is 56.3 Å². The average molecular weight is 289 g/mol. The standard InChI is InChI=1S/C13H14F3NO3/c1-2-20-12(19)11(18)6-5-10-4-3-9(8-17-10)7-13(14,15)16/h3-4,8H,2,5-7H2,1H3. The average Bonchev–Trinajstić information content (AvgIpc) is 2.36. The fraction of sp³-hybridized carbons (Fsp3) is 0.462. The lowest BCUT2D eigenvalue weighted by Gasteiger charge is -2.06. The summed E-state index contributed by atoms with van der Waals surface area (Å²) in [5.41, 5.74) is 0.506. The molecule has 0 N–H and O–H groups in total. The maximum atomic E-state index is 12.1. The molecule has 0 aliphatic carbocycles. The molecular weight excluding hydrogens is 275 g/mol. The first kappa shape index (κ1) is 16.1. The van der Waals surface area contributed by atoms with Crippen LogP contribution in [0.3, 0.4) is 0 Å². The van der Waals surface area contributed by atoms with E-state index >= 15 is 0 Å². The molecule has 0 amide bonds. The first-order chi connectivity index (χ1) is 9.31. The van der Waals surface area contributed by atoms with Gasteiger partial charge in [-0.15, -0.1) is 0 Å². The zero-order chi connectivity index (χ0) is 15.2. The van der Waals surface area contributed by atoms with Gasteiger partial charge >= 0.3 is 12.1 Å². The molecule has 1 rings (SSSR count). The number of Topliss-reactive ketones (excluding diaryl/α,β-unsaturated/α-hetero) is 1. The molecule has 0 aromatic carbocycles. The number of nitrogens with zero attached hydrogens (tertiary/aromatic N) is 1. The summed E-state index contributed by atoms with van der Waals surface area (Å²) in [6, 6.07) is 2.73. The molecule has 0 radical (unpaired) electrons. The van der Waals surface area contributed by atoms with Gasteiger partial charge in [0.25, 0.3) is 0 Å². The van der Waals surface area contributed by atoms with Crippen molar-refractivity contribution in [2.75, 3.05) is 6.61 Å². The van der Waals surface area contributed by atoms with Crippen molar-refractivity contribution in [1.29, 1.82) is 0 Å². The number of carbonyl (C=O) groups excluding carboxylic acids is 2. The van der Waals surface area contributed by atoms with Crippen LogP contribution in [0.25, 0.3) is 0 Å². The molecule has 4 nitrogen and oxygen atoms in total. The summed E-state index contributed by atoms with van der Waals surface area (Å²) in [5, 5.41) is 0. The highest BCUT2D eigenvalue weighted by atomic mass is 19.4. The lowest BCUT2D eigenvalue weighted by molar-refractivity contribution is -0.153. The lowest BCUT2D eigenvalue weighted by Crippen LogP contribution is -2.18. The monoisotopic (exact) mass is 289 g/mol. The molecule has 0 atom stereocenters.